The molecule has 3 saturated heterocycles. The predicted molar refractivity (Wildman–Crippen MR) is 182 cm³/mol. The van der Waals surface area contributed by atoms with Crippen LogP contribution in [0.25, 0.3) is 0 Å². The smallest absolute Gasteiger partial charge is 0.250 e. The number of halogens is 1. The highest BCUT2D eigenvalue weighted by molar-refractivity contribution is 6.30. The number of piperidine rings is 2. The standard InChI is InChI=1S/C36H47ClN6O4/c37-27-16-14-26(15-17-27)23-31(40-33(45)30-13-7-8-20-38-30)34(46)41-21-18-36(19-22-41)35(47)42(25-43(36)29-11-5-2-6-12-29)24-32(44)39-28-9-3-1-4-10-28/h2,5-6,11-12,14-17,28,30-31,38H,1,3-4,7-10,13,18-25H2,(H,39,44)(H,40,45)/t30?,31-/m1/s1. The Balaban J connectivity index is 1.16. The van der Waals surface area contributed by atoms with E-state index in [1.165, 1.54) is 6.42 Å². The van der Waals surface area contributed by atoms with Gasteiger partial charge in [-0.3, -0.25) is 19.2 Å². The molecule has 11 heteroatoms. The molecule has 1 saturated carbocycles. The average Bonchev–Trinajstić information content (AvgIpc) is 3.36. The number of amides is 4. The molecular weight excluding hydrogens is 616 g/mol. The summed E-state index contributed by atoms with van der Waals surface area (Å²) in [5.41, 5.74) is 0.967. The van der Waals surface area contributed by atoms with Crippen LogP contribution in [0.3, 0.4) is 0 Å². The summed E-state index contributed by atoms with van der Waals surface area (Å²) in [5, 5.41) is 10.1. The van der Waals surface area contributed by atoms with Gasteiger partial charge in [-0.1, -0.05) is 67.6 Å². The highest BCUT2D eigenvalue weighted by Crippen LogP contribution is 2.39. The lowest BCUT2D eigenvalue weighted by Gasteiger charge is -2.44. The summed E-state index contributed by atoms with van der Waals surface area (Å²) in [6.45, 7) is 1.86. The molecule has 1 spiro atoms. The average molecular weight is 663 g/mol. The molecule has 0 radical (unpaired) electrons. The first-order valence-corrected chi connectivity index (χ1v) is 17.7. The first-order chi connectivity index (χ1) is 22.8. The van der Waals surface area contributed by atoms with Gasteiger partial charge < -0.3 is 30.7 Å². The highest BCUT2D eigenvalue weighted by Gasteiger charge is 2.54. The third-order valence-corrected chi connectivity index (χ3v) is 10.6. The zero-order valence-corrected chi connectivity index (χ0v) is 27.9. The maximum atomic E-state index is 14.2. The van der Waals surface area contributed by atoms with Crippen LogP contribution in [-0.2, 0) is 25.6 Å². The van der Waals surface area contributed by atoms with Crippen molar-refractivity contribution in [3.05, 3.63) is 65.2 Å². The van der Waals surface area contributed by atoms with Gasteiger partial charge in [0.15, 0.2) is 0 Å². The quantitative estimate of drug-likeness (QED) is 0.378. The Morgan fingerprint density at radius 3 is 2.30 bits per heavy atom. The summed E-state index contributed by atoms with van der Waals surface area (Å²) < 4.78 is 0. The molecule has 0 aromatic heterocycles. The van der Waals surface area contributed by atoms with Gasteiger partial charge in [-0.25, -0.2) is 0 Å². The summed E-state index contributed by atoms with van der Waals surface area (Å²) in [7, 11) is 0. The number of carbonyl (C=O) groups is 4. The minimum Gasteiger partial charge on any atom is -0.352 e. The molecule has 2 aromatic rings. The molecule has 1 aliphatic carbocycles. The highest BCUT2D eigenvalue weighted by atomic mass is 35.5. The maximum Gasteiger partial charge on any atom is 0.250 e. The molecule has 4 amide bonds. The second kappa shape index (κ2) is 15.1. The number of nitrogens with one attached hydrogen (secondary N) is 3. The minimum atomic E-state index is -0.857. The summed E-state index contributed by atoms with van der Waals surface area (Å²) in [4.78, 5) is 60.3. The van der Waals surface area contributed by atoms with Crippen molar-refractivity contribution in [2.45, 2.75) is 94.3 Å². The lowest BCUT2D eigenvalue weighted by Crippen LogP contribution is -2.60. The zero-order chi connectivity index (χ0) is 32.8. The first-order valence-electron chi connectivity index (χ1n) is 17.3. The SMILES string of the molecule is O=C(CN1CN(c2ccccc2)C2(CCN(C(=O)[C@@H](Cc3ccc(Cl)cc3)NC(=O)C3CCCCN3)CC2)C1=O)NC1CCCCC1. The Kier molecular flexibility index (Phi) is 10.7. The summed E-state index contributed by atoms with van der Waals surface area (Å²) in [5.74, 6) is -0.494. The second-order valence-corrected chi connectivity index (χ2v) is 14.0. The molecule has 2 atom stereocenters. The number of rotatable bonds is 9. The van der Waals surface area contributed by atoms with Gasteiger partial charge in [-0.15, -0.1) is 0 Å². The normalized spacial score (nSPS) is 22.3. The fraction of sp³-hybridized carbons (Fsp3) is 0.556. The third-order valence-electron chi connectivity index (χ3n) is 10.4. The predicted octanol–water partition coefficient (Wildman–Crippen LogP) is 3.63. The van der Waals surface area contributed by atoms with E-state index in [9.17, 15) is 19.2 Å². The number of anilines is 1. The van der Waals surface area contributed by atoms with E-state index in [-0.39, 0.29) is 42.3 Å². The van der Waals surface area contributed by atoms with Gasteiger partial charge in [0.2, 0.25) is 17.7 Å². The van der Waals surface area contributed by atoms with E-state index < -0.39 is 11.6 Å². The van der Waals surface area contributed by atoms with Crippen molar-refractivity contribution in [2.24, 2.45) is 0 Å². The van der Waals surface area contributed by atoms with Crippen molar-refractivity contribution in [3.63, 3.8) is 0 Å². The Morgan fingerprint density at radius 1 is 0.915 bits per heavy atom. The number of hydrogen-bond acceptors (Lipinski definition) is 6. The molecule has 4 aliphatic rings. The number of benzene rings is 2. The van der Waals surface area contributed by atoms with Crippen LogP contribution in [0.2, 0.25) is 5.02 Å². The molecule has 6 rings (SSSR count). The van der Waals surface area contributed by atoms with Gasteiger partial charge in [0, 0.05) is 36.3 Å². The van der Waals surface area contributed by atoms with E-state index in [1.54, 1.807) is 21.9 Å². The van der Waals surface area contributed by atoms with Crippen molar-refractivity contribution in [1.29, 1.82) is 0 Å². The molecule has 47 heavy (non-hydrogen) atoms. The van der Waals surface area contributed by atoms with Crippen molar-refractivity contribution in [2.75, 3.05) is 37.7 Å². The van der Waals surface area contributed by atoms with Crippen molar-refractivity contribution in [3.8, 4) is 0 Å². The Bertz CT molecular complexity index is 1400. The fourth-order valence-corrected chi connectivity index (χ4v) is 7.86. The minimum absolute atomic E-state index is 0.0213. The molecule has 10 nitrogen and oxygen atoms in total. The van der Waals surface area contributed by atoms with Crippen LogP contribution in [0, 0.1) is 0 Å². The van der Waals surface area contributed by atoms with Crippen LogP contribution in [-0.4, -0.2) is 89.9 Å². The first kappa shape index (κ1) is 33.3. The van der Waals surface area contributed by atoms with Crippen molar-refractivity contribution in [1.82, 2.24) is 25.8 Å². The molecule has 3 N–H and O–H groups in total. The summed E-state index contributed by atoms with van der Waals surface area (Å²) in [6, 6.07) is 16.3. The monoisotopic (exact) mass is 662 g/mol. The summed E-state index contributed by atoms with van der Waals surface area (Å²) in [6.07, 6.45) is 9.37. The van der Waals surface area contributed by atoms with Crippen LogP contribution in [0.5, 0.6) is 0 Å². The molecule has 0 bridgehead atoms. The number of nitrogens with zero attached hydrogens (tertiary/aromatic N) is 3. The topological polar surface area (TPSA) is 114 Å². The molecular formula is C36H47ClN6O4. The van der Waals surface area contributed by atoms with E-state index >= 15 is 0 Å². The van der Waals surface area contributed by atoms with Gasteiger partial charge in [0.05, 0.1) is 12.7 Å². The molecule has 252 valence electrons. The number of carbonyl (C=O) groups excluding carboxylic acids is 4. The third kappa shape index (κ3) is 7.75. The Labute approximate surface area is 282 Å². The lowest BCUT2D eigenvalue weighted by molar-refractivity contribution is -0.141. The summed E-state index contributed by atoms with van der Waals surface area (Å²) >= 11 is 6.12. The van der Waals surface area contributed by atoms with E-state index in [4.69, 9.17) is 11.6 Å². The second-order valence-electron chi connectivity index (χ2n) is 13.6. The lowest BCUT2D eigenvalue weighted by atomic mass is 9.85. The number of likely N-dealkylation sites (tertiary alicyclic amines) is 1. The molecule has 4 fully saturated rings. The van der Waals surface area contributed by atoms with E-state index in [1.807, 2.05) is 42.5 Å². The van der Waals surface area contributed by atoms with Gasteiger partial charge in [-0.2, -0.15) is 0 Å². The number of para-hydroxylation sites is 1. The van der Waals surface area contributed by atoms with Crippen molar-refractivity contribution >= 4 is 40.9 Å². The van der Waals surface area contributed by atoms with E-state index in [0.29, 0.717) is 44.0 Å². The molecule has 1 unspecified atom stereocenters. The molecule has 2 aromatic carbocycles. The largest absolute Gasteiger partial charge is 0.352 e. The maximum absolute atomic E-state index is 14.2. The van der Waals surface area contributed by atoms with Gasteiger partial charge in [0.25, 0.3) is 5.91 Å². The van der Waals surface area contributed by atoms with E-state index in [2.05, 4.69) is 20.9 Å². The van der Waals surface area contributed by atoms with Gasteiger partial charge in [0.1, 0.15) is 18.1 Å². The van der Waals surface area contributed by atoms with E-state index in [0.717, 1.165) is 62.7 Å². The van der Waals surface area contributed by atoms with Crippen LogP contribution >= 0.6 is 11.6 Å². The zero-order valence-electron chi connectivity index (χ0n) is 27.1. The van der Waals surface area contributed by atoms with Crippen LogP contribution < -0.4 is 20.9 Å². The Hall–Kier alpha value is -3.63. The van der Waals surface area contributed by atoms with Gasteiger partial charge >= 0.3 is 0 Å². The van der Waals surface area contributed by atoms with Crippen molar-refractivity contribution < 1.29 is 19.2 Å². The van der Waals surface area contributed by atoms with Crippen LogP contribution in [0.4, 0.5) is 5.69 Å². The van der Waals surface area contributed by atoms with Crippen LogP contribution in [0.1, 0.15) is 69.8 Å². The molecule has 3 aliphatic heterocycles. The van der Waals surface area contributed by atoms with Crippen LogP contribution in [0.15, 0.2) is 54.6 Å². The van der Waals surface area contributed by atoms with Gasteiger partial charge in [-0.05, 0) is 74.9 Å². The number of hydrogen-bond donors (Lipinski definition) is 3. The molecule has 3 heterocycles. The fourth-order valence-electron chi connectivity index (χ4n) is 7.74. The Morgan fingerprint density at radius 2 is 1.62 bits per heavy atom.